The summed E-state index contributed by atoms with van der Waals surface area (Å²) in [6.45, 7) is 7.81. The highest BCUT2D eigenvalue weighted by Gasteiger charge is 2.23. The van der Waals surface area contributed by atoms with Gasteiger partial charge in [-0.25, -0.2) is 0 Å². The largest absolute Gasteiger partial charge is 0.274 e. The third-order valence-electron chi connectivity index (χ3n) is 4.86. The van der Waals surface area contributed by atoms with Gasteiger partial charge in [-0.1, -0.05) is 27.7 Å². The summed E-state index contributed by atoms with van der Waals surface area (Å²) >= 11 is 0. The zero-order valence-electron chi connectivity index (χ0n) is 19.1. The zero-order chi connectivity index (χ0) is 23.9. The lowest BCUT2D eigenvalue weighted by Crippen LogP contribution is -2.26. The van der Waals surface area contributed by atoms with Gasteiger partial charge in [0.05, 0.1) is 0 Å². The van der Waals surface area contributed by atoms with Gasteiger partial charge in [0, 0.05) is 57.5 Å². The number of nitrogens with one attached hydrogen (secondary N) is 2. The van der Waals surface area contributed by atoms with E-state index in [0.717, 1.165) is 25.7 Å². The standard InChI is InChI=1S/C21H36N4O4S2/c1-20(2,14-18(26)24-16-22)8-5-10-30(28)12-7-13-31(29)11-6-9-21(3,4)15-19(27)25-17-23/h5-15H2,1-4H3,(H,24,26)(H,25,27). The normalized spacial score (nSPS) is 13.5. The van der Waals surface area contributed by atoms with Gasteiger partial charge >= 0.3 is 0 Å². The maximum absolute atomic E-state index is 12.2. The number of carbonyl (C=O) groups is 2. The van der Waals surface area contributed by atoms with Gasteiger partial charge in [0.1, 0.15) is 0 Å². The number of nitrogens with zero attached hydrogens (tertiary/aromatic N) is 2. The van der Waals surface area contributed by atoms with Crippen LogP contribution < -0.4 is 10.6 Å². The summed E-state index contributed by atoms with van der Waals surface area (Å²) in [4.78, 5) is 23.0. The van der Waals surface area contributed by atoms with Crippen LogP contribution in [0.3, 0.4) is 0 Å². The van der Waals surface area contributed by atoms with Crippen LogP contribution in [0.5, 0.6) is 0 Å². The maximum atomic E-state index is 12.2. The van der Waals surface area contributed by atoms with Crippen molar-refractivity contribution >= 4 is 33.4 Å². The van der Waals surface area contributed by atoms with Crippen LogP contribution >= 0.6 is 0 Å². The summed E-state index contributed by atoms with van der Waals surface area (Å²) in [5, 5.41) is 21.2. The van der Waals surface area contributed by atoms with E-state index in [1.165, 1.54) is 0 Å². The van der Waals surface area contributed by atoms with Crippen LogP contribution in [-0.4, -0.2) is 43.2 Å². The molecule has 0 aromatic heterocycles. The van der Waals surface area contributed by atoms with Crippen LogP contribution in [0.1, 0.15) is 72.6 Å². The molecular weight excluding hydrogens is 436 g/mol. The number of hydrogen-bond donors (Lipinski definition) is 2. The second kappa shape index (κ2) is 15.1. The molecule has 0 bridgehead atoms. The predicted molar refractivity (Wildman–Crippen MR) is 123 cm³/mol. The average molecular weight is 473 g/mol. The highest BCUT2D eigenvalue weighted by molar-refractivity contribution is 7.85. The fraction of sp³-hybridized carbons (Fsp3) is 0.810. The van der Waals surface area contributed by atoms with Gasteiger partial charge in [0.15, 0.2) is 12.4 Å². The first-order chi connectivity index (χ1) is 14.4. The Kier molecular flexibility index (Phi) is 14.2. The minimum absolute atomic E-state index is 0.254. The maximum Gasteiger partial charge on any atom is 0.233 e. The van der Waals surface area contributed by atoms with Crippen LogP contribution in [0.15, 0.2) is 0 Å². The number of nitriles is 2. The molecule has 0 aliphatic carbocycles. The molecule has 10 heteroatoms. The van der Waals surface area contributed by atoms with Crippen molar-refractivity contribution in [2.45, 2.75) is 72.6 Å². The Bertz CT molecular complexity index is 664. The SMILES string of the molecule is CC(C)(CCCS(=O)CCCS(=O)CCCC(C)(C)CC(=O)NC#N)CC(=O)NC#N. The first-order valence-electron chi connectivity index (χ1n) is 10.5. The lowest BCUT2D eigenvalue weighted by Gasteiger charge is -2.23. The second-order valence-electron chi connectivity index (χ2n) is 9.26. The summed E-state index contributed by atoms with van der Waals surface area (Å²) in [5.74, 6) is 1.53. The highest BCUT2D eigenvalue weighted by Crippen LogP contribution is 2.27. The van der Waals surface area contributed by atoms with E-state index in [4.69, 9.17) is 10.5 Å². The molecule has 2 amide bonds. The summed E-state index contributed by atoms with van der Waals surface area (Å²) in [6.07, 6.45) is 7.36. The monoisotopic (exact) mass is 472 g/mol. The van der Waals surface area contributed by atoms with Crippen molar-refractivity contribution < 1.29 is 18.0 Å². The molecule has 0 aromatic rings. The Morgan fingerprint density at radius 1 is 0.710 bits per heavy atom. The number of amides is 2. The average Bonchev–Trinajstić information content (AvgIpc) is 2.60. The molecule has 0 spiro atoms. The molecule has 2 N–H and O–H groups in total. The summed E-state index contributed by atoms with van der Waals surface area (Å²) < 4.78 is 24.3. The van der Waals surface area contributed by atoms with Gasteiger partial charge in [0.2, 0.25) is 11.8 Å². The topological polar surface area (TPSA) is 140 Å². The molecule has 176 valence electrons. The van der Waals surface area contributed by atoms with E-state index >= 15 is 0 Å². The van der Waals surface area contributed by atoms with E-state index < -0.39 is 21.6 Å². The van der Waals surface area contributed by atoms with E-state index in [1.54, 1.807) is 12.4 Å². The minimum Gasteiger partial charge on any atom is -0.274 e. The van der Waals surface area contributed by atoms with Crippen molar-refractivity contribution in [1.29, 1.82) is 10.5 Å². The van der Waals surface area contributed by atoms with E-state index in [1.807, 2.05) is 27.7 Å². The molecule has 0 rings (SSSR count). The van der Waals surface area contributed by atoms with E-state index in [-0.39, 0.29) is 35.5 Å². The Morgan fingerprint density at radius 3 is 1.35 bits per heavy atom. The summed E-state index contributed by atoms with van der Waals surface area (Å²) in [6, 6.07) is 0. The van der Waals surface area contributed by atoms with Gasteiger partial charge in [-0.05, 0) is 42.9 Å². The van der Waals surface area contributed by atoms with Crippen LogP contribution in [0.4, 0.5) is 0 Å². The first kappa shape index (κ1) is 29.2. The Hall–Kier alpha value is -1.78. The van der Waals surface area contributed by atoms with Crippen LogP contribution in [0.2, 0.25) is 0 Å². The Balaban J connectivity index is 3.98. The molecule has 0 fully saturated rings. The summed E-state index contributed by atoms with van der Waals surface area (Å²) in [5.41, 5.74) is -0.509. The molecule has 0 aliphatic rings. The molecule has 0 saturated heterocycles. The predicted octanol–water partition coefficient (Wildman–Crippen LogP) is 2.46. The van der Waals surface area contributed by atoms with Crippen molar-refractivity contribution in [3.63, 3.8) is 0 Å². The first-order valence-corrected chi connectivity index (χ1v) is 13.4. The highest BCUT2D eigenvalue weighted by atomic mass is 32.2. The molecule has 0 aromatic carbocycles. The quantitative estimate of drug-likeness (QED) is 0.261. The van der Waals surface area contributed by atoms with Crippen LogP contribution in [0, 0.1) is 33.7 Å². The minimum atomic E-state index is -0.974. The second-order valence-corrected chi connectivity index (χ2v) is 12.7. The van der Waals surface area contributed by atoms with E-state index in [2.05, 4.69) is 10.6 Å². The molecule has 0 heterocycles. The van der Waals surface area contributed by atoms with Gasteiger partial charge < -0.3 is 0 Å². The van der Waals surface area contributed by atoms with Gasteiger partial charge in [-0.15, -0.1) is 0 Å². The molecule has 0 radical (unpaired) electrons. The lowest BCUT2D eigenvalue weighted by molar-refractivity contribution is -0.122. The summed E-state index contributed by atoms with van der Waals surface area (Å²) in [7, 11) is -1.95. The number of rotatable bonds is 16. The van der Waals surface area contributed by atoms with Crippen molar-refractivity contribution in [2.75, 3.05) is 23.0 Å². The lowest BCUT2D eigenvalue weighted by atomic mass is 9.84. The third-order valence-corrected chi connectivity index (χ3v) is 7.84. The molecular formula is C21H36N4O4S2. The molecule has 2 atom stereocenters. The van der Waals surface area contributed by atoms with Gasteiger partial charge in [0.25, 0.3) is 0 Å². The molecule has 0 aliphatic heterocycles. The fourth-order valence-corrected chi connectivity index (χ4v) is 5.72. The zero-order valence-corrected chi connectivity index (χ0v) is 20.8. The van der Waals surface area contributed by atoms with Crippen molar-refractivity contribution in [3.05, 3.63) is 0 Å². The fourth-order valence-electron chi connectivity index (χ4n) is 3.27. The third kappa shape index (κ3) is 16.6. The van der Waals surface area contributed by atoms with E-state index in [9.17, 15) is 18.0 Å². The molecule has 2 unspecified atom stereocenters. The number of carbonyl (C=O) groups excluding carboxylic acids is 2. The van der Waals surface area contributed by atoms with Crippen molar-refractivity contribution in [2.24, 2.45) is 10.8 Å². The number of hydrogen-bond acceptors (Lipinski definition) is 6. The van der Waals surface area contributed by atoms with Crippen LogP contribution in [0.25, 0.3) is 0 Å². The van der Waals surface area contributed by atoms with Crippen LogP contribution in [-0.2, 0) is 31.2 Å². The van der Waals surface area contributed by atoms with E-state index in [0.29, 0.717) is 29.4 Å². The van der Waals surface area contributed by atoms with Gasteiger partial charge in [-0.3, -0.25) is 28.6 Å². The van der Waals surface area contributed by atoms with Crippen molar-refractivity contribution in [1.82, 2.24) is 10.6 Å². The Morgan fingerprint density at radius 2 is 1.03 bits per heavy atom. The smallest absolute Gasteiger partial charge is 0.233 e. The molecule has 8 nitrogen and oxygen atoms in total. The molecule has 31 heavy (non-hydrogen) atoms. The van der Waals surface area contributed by atoms with Crippen molar-refractivity contribution in [3.8, 4) is 12.4 Å². The van der Waals surface area contributed by atoms with Gasteiger partial charge in [-0.2, -0.15) is 10.5 Å². The Labute approximate surface area is 191 Å². The molecule has 0 saturated carbocycles.